The Balaban J connectivity index is 0.000000559. The molecule has 2 heterocycles. The first kappa shape index (κ1) is 31.5. The number of sulfonamides is 1. The Hall–Kier alpha value is -3.03. The van der Waals surface area contributed by atoms with E-state index in [0.29, 0.717) is 22.2 Å². The first-order valence-electron chi connectivity index (χ1n) is 12.6. The van der Waals surface area contributed by atoms with Crippen LogP contribution in [0.4, 0.5) is 24.5 Å². The fourth-order valence-electron chi connectivity index (χ4n) is 4.90. The standard InChI is InChI=1S/C24H30ClN3O4S.C2HF3O2/c1-17-21(25)7-4-8-23(17)33(31,32)26-19-9-10-22(20(14-19)24(29)30)28-13-5-6-18(16-28)15-27-11-2-3-12-27;3-2(4,5)1(6)7/h4,7-10,14,18,26H,2-3,5-6,11-13,15-16H2,1H3,(H,29,30);(H,6,7). The van der Waals surface area contributed by atoms with Gasteiger partial charge < -0.3 is 20.0 Å². The van der Waals surface area contributed by atoms with E-state index in [4.69, 9.17) is 21.5 Å². The summed E-state index contributed by atoms with van der Waals surface area (Å²) in [6.07, 6.45) is -0.413. The molecule has 220 valence electrons. The van der Waals surface area contributed by atoms with Crippen LogP contribution in [-0.4, -0.2) is 74.4 Å². The van der Waals surface area contributed by atoms with Crippen molar-refractivity contribution in [3.63, 3.8) is 0 Å². The number of carbonyl (C=O) groups is 2. The Morgan fingerprint density at radius 2 is 1.73 bits per heavy atom. The highest BCUT2D eigenvalue weighted by Crippen LogP contribution is 2.31. The third kappa shape index (κ3) is 8.24. The Morgan fingerprint density at radius 3 is 2.33 bits per heavy atom. The van der Waals surface area contributed by atoms with Crippen molar-refractivity contribution in [3.05, 3.63) is 52.5 Å². The van der Waals surface area contributed by atoms with Gasteiger partial charge in [0.1, 0.15) is 0 Å². The molecule has 0 saturated carbocycles. The highest BCUT2D eigenvalue weighted by Gasteiger charge is 2.38. The number of anilines is 2. The maximum Gasteiger partial charge on any atom is 0.490 e. The Morgan fingerprint density at radius 1 is 1.07 bits per heavy atom. The Labute approximate surface area is 235 Å². The monoisotopic (exact) mass is 605 g/mol. The number of carboxylic acids is 2. The van der Waals surface area contributed by atoms with Crippen LogP contribution in [0.3, 0.4) is 0 Å². The van der Waals surface area contributed by atoms with Gasteiger partial charge in [-0.25, -0.2) is 18.0 Å². The number of hydrogen-bond acceptors (Lipinski definition) is 6. The van der Waals surface area contributed by atoms with E-state index >= 15 is 0 Å². The zero-order valence-corrected chi connectivity index (χ0v) is 23.3. The van der Waals surface area contributed by atoms with Gasteiger partial charge in [-0.3, -0.25) is 4.72 Å². The molecular formula is C26H31ClF3N3O6S. The molecule has 0 bridgehead atoms. The van der Waals surface area contributed by atoms with Gasteiger partial charge in [-0.15, -0.1) is 0 Å². The van der Waals surface area contributed by atoms with Gasteiger partial charge >= 0.3 is 18.1 Å². The number of nitrogens with zero attached hydrogens (tertiary/aromatic N) is 2. The molecule has 14 heteroatoms. The minimum atomic E-state index is -5.08. The minimum Gasteiger partial charge on any atom is -0.478 e. The molecule has 0 amide bonds. The van der Waals surface area contributed by atoms with Crippen molar-refractivity contribution in [2.75, 3.05) is 42.3 Å². The van der Waals surface area contributed by atoms with Crippen LogP contribution in [0.1, 0.15) is 41.6 Å². The summed E-state index contributed by atoms with van der Waals surface area (Å²) in [6.45, 7) is 6.59. The molecule has 40 heavy (non-hydrogen) atoms. The SMILES string of the molecule is Cc1c(Cl)cccc1S(=O)(=O)Nc1ccc(N2CCCC(CN3CCCC3)C2)c(C(=O)O)c1.O=C(O)C(F)(F)F. The predicted molar refractivity (Wildman–Crippen MR) is 145 cm³/mol. The molecule has 0 aromatic heterocycles. The quantitative estimate of drug-likeness (QED) is 0.398. The van der Waals surface area contributed by atoms with Crippen LogP contribution in [0.15, 0.2) is 41.3 Å². The van der Waals surface area contributed by atoms with Crippen molar-refractivity contribution in [2.24, 2.45) is 5.92 Å². The number of halogens is 4. The lowest BCUT2D eigenvalue weighted by molar-refractivity contribution is -0.192. The van der Waals surface area contributed by atoms with Crippen molar-refractivity contribution in [2.45, 2.75) is 43.7 Å². The summed E-state index contributed by atoms with van der Waals surface area (Å²) in [6, 6.07) is 9.42. The number of carboxylic acid groups (broad SMARTS) is 2. The second-order valence-electron chi connectivity index (χ2n) is 9.77. The highest BCUT2D eigenvalue weighted by molar-refractivity contribution is 7.92. The molecule has 4 rings (SSSR count). The van der Waals surface area contributed by atoms with Crippen LogP contribution >= 0.6 is 11.6 Å². The molecule has 2 saturated heterocycles. The van der Waals surface area contributed by atoms with Gasteiger partial charge in [-0.2, -0.15) is 13.2 Å². The number of aromatic carboxylic acids is 1. The van der Waals surface area contributed by atoms with Gasteiger partial charge in [-0.1, -0.05) is 17.7 Å². The van der Waals surface area contributed by atoms with Gasteiger partial charge in [0.2, 0.25) is 0 Å². The summed E-state index contributed by atoms with van der Waals surface area (Å²) in [5.74, 6) is -3.33. The van der Waals surface area contributed by atoms with Crippen molar-refractivity contribution < 1.29 is 41.4 Å². The molecular weight excluding hydrogens is 575 g/mol. The largest absolute Gasteiger partial charge is 0.490 e. The highest BCUT2D eigenvalue weighted by atomic mass is 35.5. The summed E-state index contributed by atoms with van der Waals surface area (Å²) in [4.78, 5) is 25.7. The summed E-state index contributed by atoms with van der Waals surface area (Å²) in [7, 11) is -3.92. The number of likely N-dealkylation sites (tertiary alicyclic amines) is 1. The van der Waals surface area contributed by atoms with Crippen molar-refractivity contribution >= 4 is 44.9 Å². The van der Waals surface area contributed by atoms with E-state index in [1.165, 1.54) is 25.0 Å². The van der Waals surface area contributed by atoms with Crippen molar-refractivity contribution in [1.82, 2.24) is 4.90 Å². The average molecular weight is 606 g/mol. The van der Waals surface area contributed by atoms with E-state index in [2.05, 4.69) is 14.5 Å². The van der Waals surface area contributed by atoms with Crippen LogP contribution in [0.5, 0.6) is 0 Å². The molecule has 0 spiro atoms. The number of alkyl halides is 3. The molecule has 9 nitrogen and oxygen atoms in total. The molecule has 3 N–H and O–H groups in total. The predicted octanol–water partition coefficient (Wildman–Crippen LogP) is 5.09. The lowest BCUT2D eigenvalue weighted by Crippen LogP contribution is -2.41. The second-order valence-corrected chi connectivity index (χ2v) is 11.8. The number of hydrogen-bond donors (Lipinski definition) is 3. The number of nitrogens with one attached hydrogen (secondary N) is 1. The first-order chi connectivity index (χ1) is 18.7. The van der Waals surface area contributed by atoms with Crippen molar-refractivity contribution in [1.29, 1.82) is 0 Å². The van der Waals surface area contributed by atoms with E-state index < -0.39 is 28.1 Å². The van der Waals surface area contributed by atoms with E-state index in [9.17, 15) is 31.5 Å². The van der Waals surface area contributed by atoms with E-state index in [1.807, 2.05) is 0 Å². The molecule has 2 fully saturated rings. The van der Waals surface area contributed by atoms with Crippen LogP contribution in [-0.2, 0) is 14.8 Å². The third-order valence-corrected chi connectivity index (χ3v) is 8.74. The Kier molecular flexibility index (Phi) is 10.3. The molecule has 1 unspecified atom stereocenters. The number of piperidine rings is 1. The molecule has 0 aliphatic carbocycles. The van der Waals surface area contributed by atoms with Gasteiger partial charge in [0.05, 0.1) is 16.1 Å². The summed E-state index contributed by atoms with van der Waals surface area (Å²) in [5.41, 5.74) is 1.38. The number of aliphatic carboxylic acids is 1. The molecule has 2 aromatic rings. The van der Waals surface area contributed by atoms with Gasteiger partial charge in [-0.05, 0) is 87.5 Å². The fraction of sp³-hybridized carbons (Fsp3) is 0.462. The summed E-state index contributed by atoms with van der Waals surface area (Å²) < 4.78 is 60.1. The second kappa shape index (κ2) is 13.1. The fourth-order valence-corrected chi connectivity index (χ4v) is 6.45. The zero-order chi connectivity index (χ0) is 29.7. The summed E-state index contributed by atoms with van der Waals surface area (Å²) in [5, 5.41) is 17.4. The normalized spacial score (nSPS) is 18.1. The van der Waals surface area contributed by atoms with Gasteiger partial charge in [0.25, 0.3) is 10.0 Å². The van der Waals surface area contributed by atoms with Crippen LogP contribution in [0, 0.1) is 12.8 Å². The lowest BCUT2D eigenvalue weighted by atomic mass is 9.96. The smallest absolute Gasteiger partial charge is 0.478 e. The maximum atomic E-state index is 12.9. The number of benzene rings is 2. The van der Waals surface area contributed by atoms with E-state index in [0.717, 1.165) is 45.6 Å². The van der Waals surface area contributed by atoms with Crippen molar-refractivity contribution in [3.8, 4) is 0 Å². The molecule has 1 atom stereocenters. The molecule has 2 aromatic carbocycles. The van der Waals surface area contributed by atoms with Crippen LogP contribution in [0.25, 0.3) is 0 Å². The molecule has 0 radical (unpaired) electrons. The van der Waals surface area contributed by atoms with Crippen LogP contribution < -0.4 is 9.62 Å². The molecule has 2 aliphatic heterocycles. The van der Waals surface area contributed by atoms with Gasteiger partial charge in [0.15, 0.2) is 0 Å². The van der Waals surface area contributed by atoms with Gasteiger partial charge in [0, 0.05) is 30.3 Å². The first-order valence-corrected chi connectivity index (χ1v) is 14.5. The minimum absolute atomic E-state index is 0.0664. The average Bonchev–Trinajstić information content (AvgIpc) is 3.38. The van der Waals surface area contributed by atoms with Crippen LogP contribution in [0.2, 0.25) is 5.02 Å². The molecule has 2 aliphatic rings. The van der Waals surface area contributed by atoms with E-state index in [-0.39, 0.29) is 16.1 Å². The lowest BCUT2D eigenvalue weighted by Gasteiger charge is -2.36. The van der Waals surface area contributed by atoms with E-state index in [1.54, 1.807) is 31.2 Å². The Bertz CT molecular complexity index is 1330. The zero-order valence-electron chi connectivity index (χ0n) is 21.7. The topological polar surface area (TPSA) is 127 Å². The third-order valence-electron chi connectivity index (χ3n) is 6.80. The maximum absolute atomic E-state index is 12.9. The summed E-state index contributed by atoms with van der Waals surface area (Å²) >= 11 is 6.08. The number of rotatable bonds is 7.